The van der Waals surface area contributed by atoms with Crippen molar-refractivity contribution in [3.63, 3.8) is 0 Å². The van der Waals surface area contributed by atoms with Gasteiger partial charge < -0.3 is 9.84 Å². The van der Waals surface area contributed by atoms with Crippen molar-refractivity contribution in [3.05, 3.63) is 65.7 Å². The first-order chi connectivity index (χ1) is 11.3. The van der Waals surface area contributed by atoms with Crippen LogP contribution in [-0.2, 0) is 32.1 Å². The van der Waals surface area contributed by atoms with E-state index < -0.39 is 22.2 Å². The van der Waals surface area contributed by atoms with Gasteiger partial charge in [-0.1, -0.05) is 42.5 Å². The second-order valence-electron chi connectivity index (χ2n) is 5.25. The Hall–Kier alpha value is -2.38. The minimum Gasteiger partial charge on any atom is -0.489 e. The van der Waals surface area contributed by atoms with E-state index in [2.05, 4.69) is 4.18 Å². The lowest BCUT2D eigenvalue weighted by Gasteiger charge is -2.12. The smallest absolute Gasteiger partial charge is 0.334 e. The summed E-state index contributed by atoms with van der Waals surface area (Å²) in [5.74, 6) is -0.691. The van der Waals surface area contributed by atoms with Gasteiger partial charge in [0.2, 0.25) is 0 Å². The molecule has 0 radical (unpaired) electrons. The topological polar surface area (TPSA) is 89.9 Å². The zero-order chi connectivity index (χ0) is 17.6. The largest absolute Gasteiger partial charge is 0.489 e. The van der Waals surface area contributed by atoms with Crippen LogP contribution in [0.3, 0.4) is 0 Å². The van der Waals surface area contributed by atoms with Crippen molar-refractivity contribution in [1.82, 2.24) is 0 Å². The highest BCUT2D eigenvalue weighted by atomic mass is 32.2. The van der Waals surface area contributed by atoms with Gasteiger partial charge in [-0.2, -0.15) is 8.42 Å². The summed E-state index contributed by atoms with van der Waals surface area (Å²) in [5.41, 5.74) is 1.67. The fourth-order valence-corrected chi connectivity index (χ4v) is 2.62. The Bertz CT molecular complexity index is 768. The predicted octanol–water partition coefficient (Wildman–Crippen LogP) is 2.24. The number of hydrogen-bond acceptors (Lipinski definition) is 5. The molecule has 7 heteroatoms. The zero-order valence-electron chi connectivity index (χ0n) is 13.1. The number of ether oxygens (including phenoxy) is 1. The molecule has 2 rings (SSSR count). The van der Waals surface area contributed by atoms with Crippen LogP contribution in [0, 0.1) is 0 Å². The van der Waals surface area contributed by atoms with Crippen LogP contribution in [-0.4, -0.2) is 31.9 Å². The van der Waals surface area contributed by atoms with Gasteiger partial charge in [-0.3, -0.25) is 4.18 Å². The molecule has 24 heavy (non-hydrogen) atoms. The molecule has 0 saturated carbocycles. The molecule has 0 saturated heterocycles. The van der Waals surface area contributed by atoms with E-state index in [1.54, 1.807) is 24.3 Å². The van der Waals surface area contributed by atoms with Crippen LogP contribution in [0.1, 0.15) is 11.1 Å². The lowest BCUT2D eigenvalue weighted by molar-refractivity contribution is -0.144. The summed E-state index contributed by atoms with van der Waals surface area (Å²) in [5, 5.41) is 9.05. The van der Waals surface area contributed by atoms with Gasteiger partial charge in [0.25, 0.3) is 10.1 Å². The maximum Gasteiger partial charge on any atom is 0.334 e. The van der Waals surface area contributed by atoms with Crippen LogP contribution < -0.4 is 4.74 Å². The van der Waals surface area contributed by atoms with Crippen LogP contribution in [0.5, 0.6) is 5.75 Å². The second-order valence-corrected chi connectivity index (χ2v) is 6.85. The van der Waals surface area contributed by atoms with Gasteiger partial charge in [-0.15, -0.1) is 0 Å². The van der Waals surface area contributed by atoms with Gasteiger partial charge in [0.05, 0.1) is 6.26 Å². The third kappa shape index (κ3) is 6.02. The van der Waals surface area contributed by atoms with Crippen LogP contribution in [0.4, 0.5) is 0 Å². The Morgan fingerprint density at radius 2 is 1.67 bits per heavy atom. The Morgan fingerprint density at radius 3 is 2.21 bits per heavy atom. The average molecular weight is 350 g/mol. The Labute approximate surface area is 140 Å². The molecule has 128 valence electrons. The molecule has 0 bridgehead atoms. The fraction of sp³-hybridized carbons (Fsp3) is 0.235. The summed E-state index contributed by atoms with van der Waals surface area (Å²) in [4.78, 5) is 11.1. The summed E-state index contributed by atoms with van der Waals surface area (Å²) in [7, 11) is -3.84. The van der Waals surface area contributed by atoms with Crippen molar-refractivity contribution in [2.24, 2.45) is 0 Å². The molecule has 1 unspecified atom stereocenters. The maximum absolute atomic E-state index is 11.1. The molecule has 0 fully saturated rings. The third-order valence-electron chi connectivity index (χ3n) is 3.16. The Balaban J connectivity index is 1.96. The quantitative estimate of drug-likeness (QED) is 0.734. The average Bonchev–Trinajstić information content (AvgIpc) is 2.53. The maximum atomic E-state index is 11.1. The van der Waals surface area contributed by atoms with Gasteiger partial charge in [0.1, 0.15) is 12.4 Å². The molecule has 1 atom stereocenters. The highest BCUT2D eigenvalue weighted by Crippen LogP contribution is 2.16. The molecule has 0 heterocycles. The van der Waals surface area contributed by atoms with Gasteiger partial charge >= 0.3 is 5.97 Å². The SMILES string of the molecule is CS(=O)(=O)OC(Cc1ccc(OCc2ccccc2)cc1)C(=O)O. The Morgan fingerprint density at radius 1 is 1.04 bits per heavy atom. The summed E-state index contributed by atoms with van der Waals surface area (Å²) in [6, 6.07) is 16.5. The number of carboxylic acids is 1. The molecule has 0 aliphatic heterocycles. The van der Waals surface area contributed by atoms with E-state index in [1.165, 1.54) is 0 Å². The number of hydrogen-bond donors (Lipinski definition) is 1. The summed E-state index contributed by atoms with van der Waals surface area (Å²) < 4.78 is 32.4. The number of benzene rings is 2. The van der Waals surface area contributed by atoms with E-state index >= 15 is 0 Å². The summed E-state index contributed by atoms with van der Waals surface area (Å²) in [6.45, 7) is 0.426. The van der Waals surface area contributed by atoms with E-state index in [9.17, 15) is 13.2 Å². The van der Waals surface area contributed by atoms with Gasteiger partial charge in [-0.25, -0.2) is 4.79 Å². The molecule has 0 aliphatic rings. The van der Waals surface area contributed by atoms with Crippen molar-refractivity contribution in [1.29, 1.82) is 0 Å². The van der Waals surface area contributed by atoms with E-state index in [-0.39, 0.29) is 6.42 Å². The number of carboxylic acid groups (broad SMARTS) is 1. The predicted molar refractivity (Wildman–Crippen MR) is 88.3 cm³/mol. The van der Waals surface area contributed by atoms with Crippen LogP contribution >= 0.6 is 0 Å². The molecule has 0 spiro atoms. The van der Waals surface area contributed by atoms with Crippen LogP contribution in [0.2, 0.25) is 0 Å². The normalized spacial score (nSPS) is 12.5. The van der Waals surface area contributed by atoms with Crippen molar-refractivity contribution >= 4 is 16.1 Å². The lowest BCUT2D eigenvalue weighted by Crippen LogP contribution is -2.28. The minimum atomic E-state index is -3.84. The lowest BCUT2D eigenvalue weighted by atomic mass is 10.1. The summed E-state index contributed by atoms with van der Waals surface area (Å²) >= 11 is 0. The van der Waals surface area contributed by atoms with Gasteiger partial charge in [0, 0.05) is 6.42 Å². The van der Waals surface area contributed by atoms with Crippen LogP contribution in [0.15, 0.2) is 54.6 Å². The first-order valence-corrected chi connectivity index (χ1v) is 9.02. The van der Waals surface area contributed by atoms with E-state index in [0.29, 0.717) is 17.9 Å². The molecule has 0 aliphatic carbocycles. The van der Waals surface area contributed by atoms with Crippen LogP contribution in [0.25, 0.3) is 0 Å². The number of rotatable bonds is 8. The first kappa shape index (κ1) is 18.0. The molecule has 2 aromatic carbocycles. The standard InChI is InChI=1S/C17H18O6S/c1-24(20,21)23-16(17(18)19)11-13-7-9-15(10-8-13)22-12-14-5-3-2-4-6-14/h2-10,16H,11-12H2,1H3,(H,18,19). The van der Waals surface area contributed by atoms with Crippen molar-refractivity contribution in [2.45, 2.75) is 19.1 Å². The Kier molecular flexibility index (Phi) is 5.94. The highest BCUT2D eigenvalue weighted by Gasteiger charge is 2.23. The fourth-order valence-electron chi connectivity index (χ4n) is 2.05. The van der Waals surface area contributed by atoms with E-state index in [4.69, 9.17) is 9.84 Å². The molecule has 0 aromatic heterocycles. The monoisotopic (exact) mass is 350 g/mol. The molecule has 2 aromatic rings. The summed E-state index contributed by atoms with van der Waals surface area (Å²) in [6.07, 6.45) is -0.679. The van der Waals surface area contributed by atoms with Gasteiger partial charge in [-0.05, 0) is 23.3 Å². The second kappa shape index (κ2) is 7.94. The molecule has 6 nitrogen and oxygen atoms in total. The van der Waals surface area contributed by atoms with Gasteiger partial charge in [0.15, 0.2) is 6.10 Å². The van der Waals surface area contributed by atoms with E-state index in [0.717, 1.165) is 11.8 Å². The van der Waals surface area contributed by atoms with E-state index in [1.807, 2.05) is 30.3 Å². The molecule has 1 N–H and O–H groups in total. The zero-order valence-corrected chi connectivity index (χ0v) is 13.9. The first-order valence-electron chi connectivity index (χ1n) is 7.20. The van der Waals surface area contributed by atoms with Crippen molar-refractivity contribution in [2.75, 3.05) is 6.26 Å². The number of carbonyl (C=O) groups is 1. The molecular weight excluding hydrogens is 332 g/mol. The highest BCUT2D eigenvalue weighted by molar-refractivity contribution is 7.86. The van der Waals surface area contributed by atoms with Crippen molar-refractivity contribution in [3.8, 4) is 5.75 Å². The van der Waals surface area contributed by atoms with Crippen molar-refractivity contribution < 1.29 is 27.2 Å². The molecule has 0 amide bonds. The third-order valence-corrected chi connectivity index (χ3v) is 3.74. The minimum absolute atomic E-state index is 0.0542. The molecular formula is C17H18O6S. The number of aliphatic carboxylic acids is 1.